The largest absolute Gasteiger partial charge is 0.464 e. The second kappa shape index (κ2) is 5.00. The topological polar surface area (TPSA) is 45.5 Å². The van der Waals surface area contributed by atoms with Crippen LogP contribution in [0.25, 0.3) is 0 Å². The van der Waals surface area contributed by atoms with Crippen LogP contribution in [0.4, 0.5) is 0 Å². The van der Waals surface area contributed by atoms with Gasteiger partial charge in [-0.2, -0.15) is 0 Å². The van der Waals surface area contributed by atoms with Crippen molar-refractivity contribution < 1.29 is 9.21 Å². The van der Waals surface area contributed by atoms with Crippen molar-refractivity contribution in [2.24, 2.45) is 11.8 Å². The highest BCUT2D eigenvalue weighted by Crippen LogP contribution is 2.38. The second-order valence-corrected chi connectivity index (χ2v) is 5.95. The molecular formula is C15H22N2O2. The molecule has 4 nitrogen and oxygen atoms in total. The minimum absolute atomic E-state index is 0.0218. The summed E-state index contributed by atoms with van der Waals surface area (Å²) < 4.78 is 5.54. The third-order valence-electron chi connectivity index (χ3n) is 4.58. The molecule has 1 aromatic heterocycles. The van der Waals surface area contributed by atoms with Crippen molar-refractivity contribution in [2.45, 2.75) is 38.8 Å². The fourth-order valence-electron chi connectivity index (χ4n) is 3.58. The van der Waals surface area contributed by atoms with E-state index in [9.17, 15) is 4.79 Å². The summed E-state index contributed by atoms with van der Waals surface area (Å²) in [6.07, 6.45) is 3.76. The van der Waals surface area contributed by atoms with Gasteiger partial charge in [0.05, 0.1) is 12.6 Å². The highest BCUT2D eigenvalue weighted by atomic mass is 16.3. The molecule has 1 aliphatic heterocycles. The summed E-state index contributed by atoms with van der Waals surface area (Å²) in [4.78, 5) is 14.3. The Balaban J connectivity index is 1.63. The molecule has 1 aromatic rings. The van der Waals surface area contributed by atoms with Crippen molar-refractivity contribution in [2.75, 3.05) is 13.6 Å². The quantitative estimate of drug-likeness (QED) is 0.905. The molecule has 104 valence electrons. The summed E-state index contributed by atoms with van der Waals surface area (Å²) in [6, 6.07) is 3.90. The Morgan fingerprint density at radius 3 is 3.05 bits per heavy atom. The molecule has 1 amide bonds. The predicted molar refractivity (Wildman–Crippen MR) is 72.5 cm³/mol. The standard InChI is InChI=1S/C15H22N2O2/c1-10-6-7-12(19-10)9-17(2)15(18)14-13-5-3-4-11(13)8-16-14/h6-7,11,13-14,16H,3-5,8-9H2,1-2H3. The molecule has 3 atom stereocenters. The van der Waals surface area contributed by atoms with E-state index in [0.29, 0.717) is 18.4 Å². The Labute approximate surface area is 114 Å². The number of furan rings is 1. The number of aryl methyl sites for hydroxylation is 1. The fraction of sp³-hybridized carbons (Fsp3) is 0.667. The summed E-state index contributed by atoms with van der Waals surface area (Å²) >= 11 is 0. The lowest BCUT2D eigenvalue weighted by atomic mass is 9.93. The number of nitrogens with one attached hydrogen (secondary N) is 1. The second-order valence-electron chi connectivity index (χ2n) is 5.95. The van der Waals surface area contributed by atoms with Crippen molar-refractivity contribution in [1.82, 2.24) is 10.2 Å². The molecule has 4 heteroatoms. The molecule has 0 bridgehead atoms. The van der Waals surface area contributed by atoms with Crippen LogP contribution in [0.2, 0.25) is 0 Å². The molecule has 19 heavy (non-hydrogen) atoms. The first-order valence-corrected chi connectivity index (χ1v) is 7.19. The molecule has 1 aliphatic carbocycles. The van der Waals surface area contributed by atoms with Gasteiger partial charge in [0.2, 0.25) is 5.91 Å². The van der Waals surface area contributed by atoms with Gasteiger partial charge < -0.3 is 14.6 Å². The number of likely N-dealkylation sites (N-methyl/N-ethyl adjacent to an activating group) is 1. The van der Waals surface area contributed by atoms with Gasteiger partial charge in [-0.1, -0.05) is 6.42 Å². The Morgan fingerprint density at radius 1 is 1.47 bits per heavy atom. The van der Waals surface area contributed by atoms with Crippen LogP contribution in [0.5, 0.6) is 0 Å². The van der Waals surface area contributed by atoms with Gasteiger partial charge in [0, 0.05) is 7.05 Å². The number of nitrogens with zero attached hydrogens (tertiary/aromatic N) is 1. The number of hydrogen-bond donors (Lipinski definition) is 1. The number of hydrogen-bond acceptors (Lipinski definition) is 3. The van der Waals surface area contributed by atoms with E-state index >= 15 is 0 Å². The van der Waals surface area contributed by atoms with Crippen LogP contribution in [-0.4, -0.2) is 30.4 Å². The zero-order chi connectivity index (χ0) is 13.4. The van der Waals surface area contributed by atoms with Gasteiger partial charge in [0.25, 0.3) is 0 Å². The average Bonchev–Trinajstić information content (AvgIpc) is 3.04. The highest BCUT2D eigenvalue weighted by Gasteiger charge is 2.43. The molecule has 0 radical (unpaired) electrons. The zero-order valence-electron chi connectivity index (χ0n) is 11.7. The van der Waals surface area contributed by atoms with Crippen molar-refractivity contribution >= 4 is 5.91 Å². The average molecular weight is 262 g/mol. The van der Waals surface area contributed by atoms with Crippen LogP contribution in [0.1, 0.15) is 30.8 Å². The number of carbonyl (C=O) groups excluding carboxylic acids is 1. The van der Waals surface area contributed by atoms with Gasteiger partial charge in [-0.25, -0.2) is 0 Å². The van der Waals surface area contributed by atoms with Crippen LogP contribution in [0.3, 0.4) is 0 Å². The Kier molecular flexibility index (Phi) is 3.35. The van der Waals surface area contributed by atoms with Gasteiger partial charge in [0.15, 0.2) is 0 Å². The minimum atomic E-state index is 0.0218. The fourth-order valence-corrected chi connectivity index (χ4v) is 3.58. The van der Waals surface area contributed by atoms with Crippen LogP contribution >= 0.6 is 0 Å². The minimum Gasteiger partial charge on any atom is -0.464 e. The maximum Gasteiger partial charge on any atom is 0.240 e. The third kappa shape index (κ3) is 2.41. The molecule has 0 aromatic carbocycles. The third-order valence-corrected chi connectivity index (χ3v) is 4.58. The Hall–Kier alpha value is -1.29. The summed E-state index contributed by atoms with van der Waals surface area (Å²) in [7, 11) is 1.87. The van der Waals surface area contributed by atoms with Gasteiger partial charge in [0.1, 0.15) is 11.5 Å². The van der Waals surface area contributed by atoms with E-state index < -0.39 is 0 Å². The van der Waals surface area contributed by atoms with Gasteiger partial charge in [-0.05, 0) is 50.3 Å². The summed E-state index contributed by atoms with van der Waals surface area (Å²) in [5.41, 5.74) is 0. The van der Waals surface area contributed by atoms with Crippen molar-refractivity contribution in [3.63, 3.8) is 0 Å². The molecule has 1 N–H and O–H groups in total. The molecule has 1 saturated heterocycles. The molecule has 3 unspecified atom stereocenters. The zero-order valence-corrected chi connectivity index (χ0v) is 11.7. The first-order chi connectivity index (χ1) is 9.15. The van der Waals surface area contributed by atoms with Crippen LogP contribution in [0.15, 0.2) is 16.5 Å². The first-order valence-electron chi connectivity index (χ1n) is 7.19. The number of carbonyl (C=O) groups is 1. The molecule has 1 saturated carbocycles. The van der Waals surface area contributed by atoms with E-state index in [1.807, 2.05) is 26.1 Å². The van der Waals surface area contributed by atoms with E-state index in [4.69, 9.17) is 4.42 Å². The van der Waals surface area contributed by atoms with Gasteiger partial charge in [-0.3, -0.25) is 4.79 Å². The maximum absolute atomic E-state index is 12.5. The van der Waals surface area contributed by atoms with E-state index in [-0.39, 0.29) is 11.9 Å². The maximum atomic E-state index is 12.5. The smallest absolute Gasteiger partial charge is 0.240 e. The summed E-state index contributed by atoms with van der Waals surface area (Å²) in [5, 5.41) is 3.41. The van der Waals surface area contributed by atoms with Crippen LogP contribution in [0, 0.1) is 18.8 Å². The number of rotatable bonds is 3. The SMILES string of the molecule is Cc1ccc(CN(C)C(=O)C2NCC3CCCC32)o1. The molecule has 2 aliphatic rings. The van der Waals surface area contributed by atoms with Crippen molar-refractivity contribution in [3.8, 4) is 0 Å². The Bertz CT molecular complexity index is 468. The molecule has 2 heterocycles. The van der Waals surface area contributed by atoms with Crippen LogP contribution in [-0.2, 0) is 11.3 Å². The molecule has 3 rings (SSSR count). The lowest BCUT2D eigenvalue weighted by molar-refractivity contribution is -0.133. The lowest BCUT2D eigenvalue weighted by Crippen LogP contribution is -2.44. The highest BCUT2D eigenvalue weighted by molar-refractivity contribution is 5.82. The van der Waals surface area contributed by atoms with Gasteiger partial charge in [-0.15, -0.1) is 0 Å². The number of fused-ring (bicyclic) bond motifs is 1. The summed E-state index contributed by atoms with van der Waals surface area (Å²) in [5.74, 6) is 3.23. The van der Waals surface area contributed by atoms with E-state index in [2.05, 4.69) is 5.32 Å². The Morgan fingerprint density at radius 2 is 2.32 bits per heavy atom. The number of amides is 1. The molecular weight excluding hydrogens is 240 g/mol. The van der Waals surface area contributed by atoms with Crippen molar-refractivity contribution in [3.05, 3.63) is 23.7 Å². The first kappa shape index (κ1) is 12.7. The molecule has 2 fully saturated rings. The predicted octanol–water partition coefficient (Wildman–Crippen LogP) is 1.93. The molecule has 0 spiro atoms. The van der Waals surface area contributed by atoms with E-state index in [1.54, 1.807) is 4.90 Å². The monoisotopic (exact) mass is 262 g/mol. The lowest BCUT2D eigenvalue weighted by Gasteiger charge is -2.24. The van der Waals surface area contributed by atoms with E-state index in [0.717, 1.165) is 18.1 Å². The normalized spacial score (nSPS) is 29.5. The van der Waals surface area contributed by atoms with Gasteiger partial charge >= 0.3 is 0 Å². The van der Waals surface area contributed by atoms with E-state index in [1.165, 1.54) is 19.3 Å². The summed E-state index contributed by atoms with van der Waals surface area (Å²) in [6.45, 7) is 3.49. The van der Waals surface area contributed by atoms with Crippen LogP contribution < -0.4 is 5.32 Å². The van der Waals surface area contributed by atoms with Crippen molar-refractivity contribution in [1.29, 1.82) is 0 Å².